The van der Waals surface area contributed by atoms with Crippen molar-refractivity contribution in [3.8, 4) is 11.5 Å². The van der Waals surface area contributed by atoms with Gasteiger partial charge in [0.25, 0.3) is 11.5 Å². The molecule has 2 heterocycles. The van der Waals surface area contributed by atoms with Crippen LogP contribution in [0, 0.1) is 0 Å². The van der Waals surface area contributed by atoms with E-state index in [-0.39, 0.29) is 11.3 Å². The van der Waals surface area contributed by atoms with Crippen LogP contribution in [0.2, 0.25) is 0 Å². The molecule has 0 unspecified atom stereocenters. The molecule has 0 aliphatic carbocycles. The van der Waals surface area contributed by atoms with Gasteiger partial charge in [0, 0.05) is 28.5 Å². The molecule has 0 saturated carbocycles. The van der Waals surface area contributed by atoms with Crippen LogP contribution < -0.4 is 20.3 Å². The van der Waals surface area contributed by atoms with Crippen LogP contribution in [0.1, 0.15) is 36.7 Å². The topological polar surface area (TPSA) is 82.5 Å². The monoisotopic (exact) mass is 471 g/mol. The summed E-state index contributed by atoms with van der Waals surface area (Å²) in [4.78, 5) is 26.0. The first-order valence-corrected chi connectivity index (χ1v) is 10.8. The number of rotatable bonds is 6. The third kappa shape index (κ3) is 4.05. The molecular formula is C22H22BrN3O4. The van der Waals surface area contributed by atoms with Gasteiger partial charge in [-0.3, -0.25) is 9.59 Å². The fourth-order valence-corrected chi connectivity index (χ4v) is 3.83. The molecule has 0 spiro atoms. The molecule has 1 aliphatic heterocycles. The zero-order valence-electron chi connectivity index (χ0n) is 16.6. The highest BCUT2D eigenvalue weighted by Crippen LogP contribution is 2.38. The van der Waals surface area contributed by atoms with Gasteiger partial charge in [-0.25, -0.2) is 4.68 Å². The molecule has 7 nitrogen and oxygen atoms in total. The van der Waals surface area contributed by atoms with Crippen LogP contribution in [0.15, 0.2) is 45.7 Å². The second-order valence-corrected chi connectivity index (χ2v) is 7.91. The van der Waals surface area contributed by atoms with Crippen molar-refractivity contribution in [3.05, 3.63) is 56.9 Å². The number of nitrogens with one attached hydrogen (secondary N) is 1. The summed E-state index contributed by atoms with van der Waals surface area (Å²) in [6.07, 6.45) is 2.86. The van der Waals surface area contributed by atoms with E-state index in [1.165, 1.54) is 4.68 Å². The van der Waals surface area contributed by atoms with E-state index in [1.54, 1.807) is 36.4 Å². The Labute approximate surface area is 182 Å². The minimum absolute atomic E-state index is 0.182. The largest absolute Gasteiger partial charge is 0.486 e. The van der Waals surface area contributed by atoms with Crippen LogP contribution in [0.3, 0.4) is 0 Å². The molecule has 1 aliphatic rings. The number of carbonyl (C=O) groups excluding carboxylic acids is 1. The van der Waals surface area contributed by atoms with Crippen LogP contribution >= 0.6 is 15.9 Å². The third-order valence-corrected chi connectivity index (χ3v) is 5.59. The predicted molar refractivity (Wildman–Crippen MR) is 119 cm³/mol. The van der Waals surface area contributed by atoms with Gasteiger partial charge in [-0.2, -0.15) is 5.10 Å². The molecule has 156 valence electrons. The number of nitrogens with zero attached hydrogens (tertiary/aromatic N) is 2. The molecule has 2 aromatic carbocycles. The molecule has 3 aromatic rings. The zero-order chi connectivity index (χ0) is 21.1. The van der Waals surface area contributed by atoms with Crippen LogP contribution in [0.4, 0.5) is 5.69 Å². The Kier molecular flexibility index (Phi) is 6.03. The summed E-state index contributed by atoms with van der Waals surface area (Å²) < 4.78 is 13.2. The number of carbonyl (C=O) groups is 1. The number of halogens is 1. The first-order chi connectivity index (χ1) is 14.6. The first-order valence-electron chi connectivity index (χ1n) is 9.99. The number of amides is 1. The highest BCUT2D eigenvalue weighted by atomic mass is 79.9. The molecule has 0 saturated heterocycles. The molecule has 30 heavy (non-hydrogen) atoms. The maximum absolute atomic E-state index is 13.2. The van der Waals surface area contributed by atoms with Crippen LogP contribution in [-0.4, -0.2) is 28.9 Å². The van der Waals surface area contributed by atoms with E-state index in [0.29, 0.717) is 52.2 Å². The molecular weight excluding hydrogens is 450 g/mol. The lowest BCUT2D eigenvalue weighted by Gasteiger charge is -2.20. The molecule has 0 bridgehead atoms. The van der Waals surface area contributed by atoms with E-state index >= 15 is 0 Å². The van der Waals surface area contributed by atoms with Crippen molar-refractivity contribution >= 4 is 38.3 Å². The Morgan fingerprint density at radius 2 is 1.83 bits per heavy atom. The predicted octanol–water partition coefficient (Wildman–Crippen LogP) is 4.37. The second-order valence-electron chi connectivity index (χ2n) is 7.06. The minimum atomic E-state index is -0.396. The number of unbranched alkanes of at least 4 members (excludes halogenated alkanes) is 2. The second kappa shape index (κ2) is 8.87. The van der Waals surface area contributed by atoms with Crippen LogP contribution in [0.25, 0.3) is 10.8 Å². The van der Waals surface area contributed by atoms with Gasteiger partial charge in [-0.15, -0.1) is 0 Å². The van der Waals surface area contributed by atoms with Gasteiger partial charge in [0.15, 0.2) is 17.2 Å². The molecule has 0 fully saturated rings. The van der Waals surface area contributed by atoms with Gasteiger partial charge in [-0.05, 0) is 28.4 Å². The summed E-state index contributed by atoms with van der Waals surface area (Å²) in [6.45, 7) is 3.52. The molecule has 4 rings (SSSR count). The number of aryl methyl sites for hydroxylation is 1. The van der Waals surface area contributed by atoms with Gasteiger partial charge >= 0.3 is 0 Å². The van der Waals surface area contributed by atoms with Gasteiger partial charge in [0.2, 0.25) is 0 Å². The molecule has 1 N–H and O–H groups in total. The first kappa shape index (κ1) is 20.4. The maximum Gasteiger partial charge on any atom is 0.276 e. The summed E-state index contributed by atoms with van der Waals surface area (Å²) in [5.74, 6) is 0.800. The van der Waals surface area contributed by atoms with E-state index < -0.39 is 5.91 Å². The summed E-state index contributed by atoms with van der Waals surface area (Å²) in [7, 11) is 0. The summed E-state index contributed by atoms with van der Waals surface area (Å²) in [5.41, 5.74) is 0.570. The molecule has 1 amide bonds. The van der Waals surface area contributed by atoms with Gasteiger partial charge < -0.3 is 14.8 Å². The minimum Gasteiger partial charge on any atom is -0.486 e. The fourth-order valence-electron chi connectivity index (χ4n) is 3.41. The smallest absolute Gasteiger partial charge is 0.276 e. The van der Waals surface area contributed by atoms with E-state index in [1.807, 2.05) is 0 Å². The summed E-state index contributed by atoms with van der Waals surface area (Å²) in [6, 6.07) is 10.5. The van der Waals surface area contributed by atoms with Crippen molar-refractivity contribution in [3.63, 3.8) is 0 Å². The Morgan fingerprint density at radius 1 is 1.13 bits per heavy atom. The number of hydrogen-bond acceptors (Lipinski definition) is 5. The van der Waals surface area contributed by atoms with Crippen molar-refractivity contribution in [2.45, 2.75) is 32.7 Å². The van der Waals surface area contributed by atoms with Crippen molar-refractivity contribution in [1.29, 1.82) is 0 Å². The van der Waals surface area contributed by atoms with Crippen molar-refractivity contribution < 1.29 is 14.3 Å². The summed E-state index contributed by atoms with van der Waals surface area (Å²) >= 11 is 3.47. The maximum atomic E-state index is 13.2. The van der Waals surface area contributed by atoms with E-state index in [0.717, 1.165) is 19.3 Å². The van der Waals surface area contributed by atoms with Crippen molar-refractivity contribution in [1.82, 2.24) is 9.78 Å². The molecule has 0 atom stereocenters. The number of hydrogen-bond donors (Lipinski definition) is 1. The third-order valence-electron chi connectivity index (χ3n) is 4.94. The standard InChI is InChI=1S/C22H22BrN3O4/c1-2-3-6-9-26-22(28)15-8-5-4-7-14(15)20(25-26)21(27)24-17-13-19-18(12-16(17)23)29-10-11-30-19/h4-5,7-8,12-13H,2-3,6,9-11H2,1H3,(H,24,27). The van der Waals surface area contributed by atoms with Gasteiger partial charge in [-0.1, -0.05) is 38.0 Å². The molecule has 8 heteroatoms. The number of benzene rings is 2. The van der Waals surface area contributed by atoms with E-state index in [4.69, 9.17) is 9.47 Å². The summed E-state index contributed by atoms with van der Waals surface area (Å²) in [5, 5.41) is 8.30. The lowest BCUT2D eigenvalue weighted by atomic mass is 10.1. The average molecular weight is 472 g/mol. The number of anilines is 1. The van der Waals surface area contributed by atoms with Crippen LogP contribution in [0.5, 0.6) is 11.5 Å². The lowest BCUT2D eigenvalue weighted by Crippen LogP contribution is -2.28. The van der Waals surface area contributed by atoms with E-state index in [2.05, 4.69) is 33.3 Å². The highest BCUT2D eigenvalue weighted by Gasteiger charge is 2.20. The van der Waals surface area contributed by atoms with Crippen LogP contribution in [-0.2, 0) is 6.54 Å². The fraction of sp³-hybridized carbons (Fsp3) is 0.318. The Bertz CT molecular complexity index is 1160. The Balaban J connectivity index is 1.71. The Morgan fingerprint density at radius 3 is 2.57 bits per heavy atom. The average Bonchev–Trinajstić information content (AvgIpc) is 2.76. The molecule has 0 radical (unpaired) electrons. The van der Waals surface area contributed by atoms with Gasteiger partial charge in [0.05, 0.1) is 11.1 Å². The number of ether oxygens (including phenoxy) is 2. The van der Waals surface area contributed by atoms with E-state index in [9.17, 15) is 9.59 Å². The number of fused-ring (bicyclic) bond motifs is 2. The van der Waals surface area contributed by atoms with Crippen molar-refractivity contribution in [2.24, 2.45) is 0 Å². The molecule has 1 aromatic heterocycles. The highest BCUT2D eigenvalue weighted by molar-refractivity contribution is 9.10. The Hall–Kier alpha value is -2.87. The zero-order valence-corrected chi connectivity index (χ0v) is 18.2. The SMILES string of the molecule is CCCCCn1nc(C(=O)Nc2cc3c(cc2Br)OCCO3)c2ccccc2c1=O. The number of aromatic nitrogens is 2. The lowest BCUT2D eigenvalue weighted by molar-refractivity contribution is 0.102. The normalized spacial score (nSPS) is 12.7. The van der Waals surface area contributed by atoms with Gasteiger partial charge in [0.1, 0.15) is 13.2 Å². The quantitative estimate of drug-likeness (QED) is 0.539. The van der Waals surface area contributed by atoms with Crippen molar-refractivity contribution in [2.75, 3.05) is 18.5 Å².